The summed E-state index contributed by atoms with van der Waals surface area (Å²) < 4.78 is 0. The van der Waals surface area contributed by atoms with Crippen LogP contribution in [0.4, 0.5) is 0 Å². The molecule has 0 aromatic rings. The molecule has 0 aliphatic carbocycles. The summed E-state index contributed by atoms with van der Waals surface area (Å²) in [4.78, 5) is 16.1. The summed E-state index contributed by atoms with van der Waals surface area (Å²) in [5, 5.41) is 30.4. The normalized spacial score (nSPS) is 34.8. The van der Waals surface area contributed by atoms with Crippen molar-refractivity contribution < 1.29 is 25.0 Å². The van der Waals surface area contributed by atoms with Crippen LogP contribution in [0.15, 0.2) is 0 Å². The molecule has 4 atom stereocenters. The topological polar surface area (TPSA) is 111 Å². The Bertz CT molecular complexity index is 242. The Hall–Kier alpha value is -0.380. The monoisotopic (exact) mass is 252 g/mol. The number of hydrogen-bond donors (Lipinski definition) is 6. The van der Waals surface area contributed by atoms with Crippen molar-refractivity contribution in [3.8, 4) is 0 Å². The standard InChI is InChI=1S/C8H16N2O5S/c11-3-4-6(13)7(14)8(10-15-4)9-5(12)1-2-16/h4,6-8,10-11,13-14,16H,1-3H2,(H,9,12)/t4?,6-,7?,8?/m0/s1. The van der Waals surface area contributed by atoms with Crippen molar-refractivity contribution in [2.24, 2.45) is 0 Å². The van der Waals surface area contributed by atoms with E-state index in [0.717, 1.165) is 0 Å². The summed E-state index contributed by atoms with van der Waals surface area (Å²) in [5.41, 5.74) is 2.36. The number of hydroxylamine groups is 1. The third-order valence-electron chi connectivity index (χ3n) is 2.25. The zero-order valence-corrected chi connectivity index (χ0v) is 9.43. The number of carbonyl (C=O) groups excluding carboxylic acids is 1. The fourth-order valence-corrected chi connectivity index (χ4v) is 1.53. The summed E-state index contributed by atoms with van der Waals surface area (Å²) in [6, 6.07) is 0. The Morgan fingerprint density at radius 2 is 2.12 bits per heavy atom. The number of hydrogen-bond acceptors (Lipinski definition) is 7. The molecule has 16 heavy (non-hydrogen) atoms. The SMILES string of the molecule is O=C(CCS)NC1NOC(CO)[C@H](O)C1O. The van der Waals surface area contributed by atoms with Crippen molar-refractivity contribution in [3.63, 3.8) is 0 Å². The number of thiol groups is 1. The Morgan fingerprint density at radius 1 is 1.44 bits per heavy atom. The average molecular weight is 252 g/mol. The van der Waals surface area contributed by atoms with E-state index in [1.54, 1.807) is 0 Å². The van der Waals surface area contributed by atoms with Crippen LogP contribution in [0.2, 0.25) is 0 Å². The van der Waals surface area contributed by atoms with E-state index in [0.29, 0.717) is 5.75 Å². The van der Waals surface area contributed by atoms with Gasteiger partial charge in [-0.3, -0.25) is 9.63 Å². The van der Waals surface area contributed by atoms with Gasteiger partial charge in [0.25, 0.3) is 0 Å². The van der Waals surface area contributed by atoms with E-state index in [2.05, 4.69) is 23.4 Å². The van der Waals surface area contributed by atoms with Crippen LogP contribution in [0.5, 0.6) is 0 Å². The molecule has 94 valence electrons. The fourth-order valence-electron chi connectivity index (χ4n) is 1.32. The highest BCUT2D eigenvalue weighted by atomic mass is 32.1. The molecule has 0 saturated carbocycles. The first kappa shape index (κ1) is 13.7. The van der Waals surface area contributed by atoms with Gasteiger partial charge in [0.2, 0.25) is 5.91 Å². The van der Waals surface area contributed by atoms with Crippen LogP contribution < -0.4 is 10.8 Å². The molecule has 0 radical (unpaired) electrons. The lowest BCUT2D eigenvalue weighted by molar-refractivity contribution is -0.207. The minimum Gasteiger partial charge on any atom is -0.393 e. The van der Waals surface area contributed by atoms with E-state index in [1.807, 2.05) is 0 Å². The second-order valence-corrected chi connectivity index (χ2v) is 3.90. The number of aliphatic hydroxyl groups is 3. The van der Waals surface area contributed by atoms with E-state index < -0.39 is 31.1 Å². The summed E-state index contributed by atoms with van der Waals surface area (Å²) in [6.07, 6.45) is -4.10. The quantitative estimate of drug-likeness (QED) is 0.305. The molecule has 0 spiro atoms. The Balaban J connectivity index is 2.48. The maximum Gasteiger partial charge on any atom is 0.222 e. The van der Waals surface area contributed by atoms with Gasteiger partial charge in [-0.05, 0) is 5.75 Å². The van der Waals surface area contributed by atoms with E-state index in [-0.39, 0.29) is 12.3 Å². The van der Waals surface area contributed by atoms with Gasteiger partial charge in [-0.15, -0.1) is 0 Å². The predicted octanol–water partition coefficient (Wildman–Crippen LogP) is -2.63. The molecular weight excluding hydrogens is 236 g/mol. The molecule has 1 aliphatic heterocycles. The van der Waals surface area contributed by atoms with Crippen LogP contribution in [0.1, 0.15) is 6.42 Å². The van der Waals surface area contributed by atoms with Crippen LogP contribution in [0.25, 0.3) is 0 Å². The number of aliphatic hydroxyl groups excluding tert-OH is 3. The van der Waals surface area contributed by atoms with Gasteiger partial charge in [-0.2, -0.15) is 18.1 Å². The molecule has 3 unspecified atom stereocenters. The van der Waals surface area contributed by atoms with Crippen molar-refractivity contribution in [2.45, 2.75) is 30.9 Å². The van der Waals surface area contributed by atoms with Crippen molar-refractivity contribution in [3.05, 3.63) is 0 Å². The van der Waals surface area contributed by atoms with Crippen molar-refractivity contribution in [2.75, 3.05) is 12.4 Å². The van der Waals surface area contributed by atoms with Gasteiger partial charge >= 0.3 is 0 Å². The maximum absolute atomic E-state index is 11.2. The van der Waals surface area contributed by atoms with Crippen molar-refractivity contribution >= 4 is 18.5 Å². The van der Waals surface area contributed by atoms with Gasteiger partial charge in [0.05, 0.1) is 6.61 Å². The first-order valence-electron chi connectivity index (χ1n) is 4.88. The van der Waals surface area contributed by atoms with E-state index in [4.69, 9.17) is 9.94 Å². The largest absolute Gasteiger partial charge is 0.393 e. The molecule has 0 aromatic heterocycles. The van der Waals surface area contributed by atoms with Crippen molar-refractivity contribution in [1.82, 2.24) is 10.8 Å². The lowest BCUT2D eigenvalue weighted by Gasteiger charge is -2.37. The molecule has 7 nitrogen and oxygen atoms in total. The van der Waals surface area contributed by atoms with Gasteiger partial charge in [-0.25, -0.2) is 0 Å². The van der Waals surface area contributed by atoms with Crippen LogP contribution in [-0.2, 0) is 9.63 Å². The number of amides is 1. The molecule has 0 bridgehead atoms. The number of carbonyl (C=O) groups is 1. The minimum absolute atomic E-state index is 0.202. The third kappa shape index (κ3) is 3.30. The molecule has 1 amide bonds. The first-order chi connectivity index (χ1) is 7.60. The maximum atomic E-state index is 11.2. The second-order valence-electron chi connectivity index (χ2n) is 3.46. The molecule has 1 fully saturated rings. The van der Waals surface area contributed by atoms with Crippen LogP contribution in [-0.4, -0.2) is 58.1 Å². The average Bonchev–Trinajstić information content (AvgIpc) is 2.25. The summed E-state index contributed by atoms with van der Waals surface area (Å²) in [6.45, 7) is -0.428. The van der Waals surface area contributed by atoms with Gasteiger partial charge in [0.15, 0.2) is 0 Å². The molecule has 8 heteroatoms. The Kier molecular flexibility index (Phi) is 5.46. The molecule has 1 aliphatic rings. The lowest BCUT2D eigenvalue weighted by atomic mass is 10.0. The molecular formula is C8H16N2O5S. The van der Waals surface area contributed by atoms with Crippen molar-refractivity contribution in [1.29, 1.82) is 0 Å². The van der Waals surface area contributed by atoms with E-state index in [9.17, 15) is 15.0 Å². The van der Waals surface area contributed by atoms with Gasteiger partial charge < -0.3 is 20.6 Å². The van der Waals surface area contributed by atoms with Gasteiger partial charge in [-0.1, -0.05) is 0 Å². The Labute approximate surface area is 98.2 Å². The molecule has 0 aromatic carbocycles. The highest BCUT2D eigenvalue weighted by molar-refractivity contribution is 7.80. The highest BCUT2D eigenvalue weighted by Gasteiger charge is 2.38. The smallest absolute Gasteiger partial charge is 0.222 e. The lowest BCUT2D eigenvalue weighted by Crippen LogP contribution is -2.65. The summed E-state index contributed by atoms with van der Waals surface area (Å²) >= 11 is 3.89. The zero-order valence-electron chi connectivity index (χ0n) is 8.54. The highest BCUT2D eigenvalue weighted by Crippen LogP contribution is 2.11. The second kappa shape index (κ2) is 6.38. The molecule has 1 rings (SSSR count). The first-order valence-corrected chi connectivity index (χ1v) is 5.51. The minimum atomic E-state index is -1.26. The zero-order chi connectivity index (χ0) is 12.1. The van der Waals surface area contributed by atoms with E-state index >= 15 is 0 Å². The molecule has 1 saturated heterocycles. The summed E-state index contributed by atoms with van der Waals surface area (Å²) in [5.74, 6) is 0.0712. The Morgan fingerprint density at radius 3 is 2.69 bits per heavy atom. The van der Waals surface area contributed by atoms with Crippen LogP contribution in [0, 0.1) is 0 Å². The van der Waals surface area contributed by atoms with Gasteiger partial charge in [0, 0.05) is 6.42 Å². The number of nitrogens with one attached hydrogen (secondary N) is 2. The number of rotatable bonds is 4. The van der Waals surface area contributed by atoms with Crippen LogP contribution >= 0.6 is 12.6 Å². The fraction of sp³-hybridized carbons (Fsp3) is 0.875. The van der Waals surface area contributed by atoms with Gasteiger partial charge in [0.1, 0.15) is 24.5 Å². The van der Waals surface area contributed by atoms with E-state index in [1.165, 1.54) is 0 Å². The molecule has 5 N–H and O–H groups in total. The van der Waals surface area contributed by atoms with Crippen LogP contribution in [0.3, 0.4) is 0 Å². The molecule has 1 heterocycles. The summed E-state index contributed by atoms with van der Waals surface area (Å²) in [7, 11) is 0. The third-order valence-corrected chi connectivity index (χ3v) is 2.48. The predicted molar refractivity (Wildman–Crippen MR) is 57.5 cm³/mol.